The number of ether oxygens (including phenoxy) is 1. The molecule has 3 aromatic rings. The molecule has 2 heterocycles. The summed E-state index contributed by atoms with van der Waals surface area (Å²) in [4.78, 5) is 39.7. The van der Waals surface area contributed by atoms with Crippen molar-refractivity contribution in [2.75, 3.05) is 18.1 Å². The van der Waals surface area contributed by atoms with Crippen molar-refractivity contribution < 1.29 is 18.7 Å². The third-order valence-electron chi connectivity index (χ3n) is 4.76. The van der Waals surface area contributed by atoms with Gasteiger partial charge in [-0.25, -0.2) is 4.79 Å². The summed E-state index contributed by atoms with van der Waals surface area (Å²) in [5.41, 5.74) is 1.74. The number of hydrogen-bond acceptors (Lipinski definition) is 6. The topological polar surface area (TPSA) is 81.8 Å². The Morgan fingerprint density at radius 1 is 1.17 bits per heavy atom. The van der Waals surface area contributed by atoms with Crippen LogP contribution in [0.2, 0.25) is 0 Å². The lowest BCUT2D eigenvalue weighted by Gasteiger charge is -2.22. The Morgan fingerprint density at radius 3 is 2.79 bits per heavy atom. The van der Waals surface area contributed by atoms with Crippen molar-refractivity contribution >= 4 is 40.4 Å². The Kier molecular flexibility index (Phi) is 5.44. The van der Waals surface area contributed by atoms with E-state index in [9.17, 15) is 14.4 Å². The van der Waals surface area contributed by atoms with Crippen molar-refractivity contribution in [1.29, 1.82) is 0 Å². The molecule has 29 heavy (non-hydrogen) atoms. The van der Waals surface area contributed by atoms with Crippen molar-refractivity contribution in [2.45, 2.75) is 30.0 Å². The van der Waals surface area contributed by atoms with Crippen molar-refractivity contribution in [2.24, 2.45) is 0 Å². The molecular formula is C21H20N2O5S. The number of thioether (sulfide) groups is 1. The Balaban J connectivity index is 1.44. The number of esters is 1. The second-order valence-corrected chi connectivity index (χ2v) is 8.29. The number of carbonyl (C=O) groups excluding carboxylic acids is 2. The zero-order valence-electron chi connectivity index (χ0n) is 15.9. The van der Waals surface area contributed by atoms with Gasteiger partial charge in [-0.15, -0.1) is 11.8 Å². The number of benzene rings is 2. The fourth-order valence-electron chi connectivity index (χ4n) is 3.30. The van der Waals surface area contributed by atoms with E-state index in [0.29, 0.717) is 22.9 Å². The van der Waals surface area contributed by atoms with Gasteiger partial charge >= 0.3 is 11.7 Å². The molecule has 0 saturated carbocycles. The molecule has 2 aromatic carbocycles. The van der Waals surface area contributed by atoms with Gasteiger partial charge in [0.05, 0.1) is 11.2 Å². The summed E-state index contributed by atoms with van der Waals surface area (Å²) in [5, 5.41) is 0.387. The number of hydrogen-bond donors (Lipinski definition) is 0. The molecule has 0 spiro atoms. The number of rotatable bonds is 4. The van der Waals surface area contributed by atoms with Crippen LogP contribution in [-0.4, -0.2) is 34.8 Å². The highest BCUT2D eigenvalue weighted by Gasteiger charge is 2.25. The molecular weight excluding hydrogens is 392 g/mol. The van der Waals surface area contributed by atoms with E-state index in [2.05, 4.69) is 6.92 Å². The predicted molar refractivity (Wildman–Crippen MR) is 110 cm³/mol. The molecule has 0 saturated heterocycles. The molecule has 7 nitrogen and oxygen atoms in total. The van der Waals surface area contributed by atoms with Gasteiger partial charge in [0.15, 0.2) is 12.2 Å². The summed E-state index contributed by atoms with van der Waals surface area (Å²) in [6.45, 7) is 2.00. The highest BCUT2D eigenvalue weighted by molar-refractivity contribution is 8.00. The van der Waals surface area contributed by atoms with E-state index in [1.165, 1.54) is 4.57 Å². The lowest BCUT2D eigenvalue weighted by molar-refractivity contribution is -0.148. The summed E-state index contributed by atoms with van der Waals surface area (Å²) in [7, 11) is 0. The molecule has 8 heteroatoms. The monoisotopic (exact) mass is 412 g/mol. The molecule has 1 atom stereocenters. The van der Waals surface area contributed by atoms with Gasteiger partial charge < -0.3 is 14.1 Å². The number of carbonyl (C=O) groups is 2. The number of oxazole rings is 1. The van der Waals surface area contributed by atoms with E-state index in [1.807, 2.05) is 24.3 Å². The van der Waals surface area contributed by atoms with Crippen LogP contribution in [0.5, 0.6) is 0 Å². The maximum Gasteiger partial charge on any atom is 0.420 e. The molecule has 0 radical (unpaired) electrons. The molecule has 0 aliphatic carbocycles. The summed E-state index contributed by atoms with van der Waals surface area (Å²) < 4.78 is 11.5. The number of nitrogens with zero attached hydrogens (tertiary/aromatic N) is 2. The minimum absolute atomic E-state index is 0.287. The second kappa shape index (κ2) is 8.16. The maximum absolute atomic E-state index is 12.8. The van der Waals surface area contributed by atoms with Crippen LogP contribution in [0, 0.1) is 0 Å². The van der Waals surface area contributed by atoms with Gasteiger partial charge in [0.2, 0.25) is 0 Å². The highest BCUT2D eigenvalue weighted by atomic mass is 32.2. The maximum atomic E-state index is 12.8. The van der Waals surface area contributed by atoms with E-state index in [-0.39, 0.29) is 19.1 Å². The molecule has 0 fully saturated rings. The van der Waals surface area contributed by atoms with Gasteiger partial charge in [-0.3, -0.25) is 14.2 Å². The molecule has 1 amide bonds. The van der Waals surface area contributed by atoms with Crippen molar-refractivity contribution in [1.82, 2.24) is 4.57 Å². The molecule has 0 unspecified atom stereocenters. The zero-order chi connectivity index (χ0) is 20.4. The van der Waals surface area contributed by atoms with Gasteiger partial charge in [-0.05, 0) is 30.7 Å². The fourth-order valence-corrected chi connectivity index (χ4v) is 4.42. The van der Waals surface area contributed by atoms with Gasteiger partial charge in [0, 0.05) is 16.7 Å². The summed E-state index contributed by atoms with van der Waals surface area (Å²) in [6, 6.07) is 14.5. The third-order valence-corrected chi connectivity index (χ3v) is 6.00. The quantitative estimate of drug-likeness (QED) is 0.613. The molecule has 150 valence electrons. The first-order valence-corrected chi connectivity index (χ1v) is 10.2. The first kappa shape index (κ1) is 19.3. The van der Waals surface area contributed by atoms with Crippen LogP contribution in [0.15, 0.2) is 62.6 Å². The van der Waals surface area contributed by atoms with Crippen LogP contribution in [0.1, 0.15) is 13.3 Å². The van der Waals surface area contributed by atoms with Crippen molar-refractivity contribution in [3.63, 3.8) is 0 Å². The van der Waals surface area contributed by atoms with Crippen LogP contribution >= 0.6 is 11.8 Å². The standard InChI is InChI=1S/C21H20N2O5S/c1-14-10-11-22(16-7-3-5-9-18(16)29-14)19(24)13-27-20(25)12-23-15-6-2-4-8-17(15)28-21(23)26/h2-9,14H,10-13H2,1H3/t14-/m1/s1. The Bertz CT molecular complexity index is 1120. The van der Waals surface area contributed by atoms with E-state index in [4.69, 9.17) is 9.15 Å². The molecule has 4 rings (SSSR count). The number of fused-ring (bicyclic) bond motifs is 2. The summed E-state index contributed by atoms with van der Waals surface area (Å²) in [6.07, 6.45) is 0.843. The number of aromatic nitrogens is 1. The van der Waals surface area contributed by atoms with E-state index in [0.717, 1.165) is 17.0 Å². The van der Waals surface area contributed by atoms with Crippen molar-refractivity contribution in [3.05, 3.63) is 59.1 Å². The SMILES string of the molecule is C[C@@H]1CCN(C(=O)COC(=O)Cn2c(=O)oc3ccccc32)c2ccccc2S1. The van der Waals surface area contributed by atoms with Crippen LogP contribution in [0.4, 0.5) is 5.69 Å². The normalized spacial score (nSPS) is 16.3. The first-order valence-electron chi connectivity index (χ1n) is 9.33. The second-order valence-electron chi connectivity index (χ2n) is 6.81. The van der Waals surface area contributed by atoms with E-state index < -0.39 is 11.7 Å². The Morgan fingerprint density at radius 2 is 1.93 bits per heavy atom. The van der Waals surface area contributed by atoms with Gasteiger partial charge in [-0.1, -0.05) is 31.2 Å². The van der Waals surface area contributed by atoms with Crippen LogP contribution in [-0.2, 0) is 20.9 Å². The Hall–Kier alpha value is -3.00. The third kappa shape index (κ3) is 4.07. The van der Waals surface area contributed by atoms with Gasteiger partial charge in [0.25, 0.3) is 5.91 Å². The minimum atomic E-state index is -0.669. The summed E-state index contributed by atoms with van der Waals surface area (Å²) in [5.74, 6) is -1.59. The molecule has 1 aliphatic rings. The highest BCUT2D eigenvalue weighted by Crippen LogP contribution is 2.37. The number of para-hydroxylation sites is 3. The predicted octanol–water partition coefficient (Wildman–Crippen LogP) is 3.06. The number of anilines is 1. The molecule has 0 bridgehead atoms. The van der Waals surface area contributed by atoms with Crippen molar-refractivity contribution in [3.8, 4) is 0 Å². The van der Waals surface area contributed by atoms with Gasteiger partial charge in [0.1, 0.15) is 6.54 Å². The molecule has 1 aliphatic heterocycles. The van der Waals surface area contributed by atoms with E-state index >= 15 is 0 Å². The number of amides is 1. The average molecular weight is 412 g/mol. The Labute approximate surface area is 171 Å². The average Bonchev–Trinajstić information content (AvgIpc) is 2.91. The molecule has 1 aromatic heterocycles. The zero-order valence-corrected chi connectivity index (χ0v) is 16.7. The lowest BCUT2D eigenvalue weighted by atomic mass is 10.2. The van der Waals surface area contributed by atoms with E-state index in [1.54, 1.807) is 40.9 Å². The smallest absolute Gasteiger partial charge is 0.420 e. The first-order chi connectivity index (χ1) is 14.0. The van der Waals surface area contributed by atoms with Crippen LogP contribution in [0.25, 0.3) is 11.1 Å². The largest absolute Gasteiger partial charge is 0.454 e. The minimum Gasteiger partial charge on any atom is -0.454 e. The van der Waals surface area contributed by atoms with Gasteiger partial charge in [-0.2, -0.15) is 0 Å². The van der Waals surface area contributed by atoms with Crippen LogP contribution < -0.4 is 10.7 Å². The van der Waals surface area contributed by atoms with Crippen LogP contribution in [0.3, 0.4) is 0 Å². The molecule has 0 N–H and O–H groups in total. The summed E-state index contributed by atoms with van der Waals surface area (Å²) >= 11 is 1.73. The fraction of sp³-hybridized carbons (Fsp3) is 0.286. The lowest BCUT2D eigenvalue weighted by Crippen LogP contribution is -2.36.